The number of aryl methyl sites for hydroxylation is 1. The van der Waals surface area contributed by atoms with E-state index in [0.717, 1.165) is 0 Å². The Morgan fingerprint density at radius 2 is 0.967 bits per heavy atom. The van der Waals surface area contributed by atoms with Gasteiger partial charge in [-0.1, -0.05) is 110 Å². The van der Waals surface area contributed by atoms with Crippen molar-refractivity contribution in [3.8, 4) is 33.4 Å². The van der Waals surface area contributed by atoms with Crippen molar-refractivity contribution < 1.29 is 0 Å². The highest BCUT2D eigenvalue weighted by Crippen LogP contribution is 2.48. The molecule has 0 bridgehead atoms. The minimum atomic E-state index is 0.659. The fraction of sp³-hybridized carbons (Fsp3) is 0.200. The van der Waals surface area contributed by atoms with Gasteiger partial charge in [-0.05, 0) is 70.2 Å². The van der Waals surface area contributed by atoms with E-state index in [0.29, 0.717) is 5.92 Å². The standard InChI is InChI=1S/C30H28/c1-22-21-27(23-13-11-12-14-23)29(25-17-7-3-8-18-25)30(26-19-9-4-10-20-26)28(22)24-15-5-2-6-16-24/h2-10,15-21,23H,11-14H2,1H3. The predicted octanol–water partition coefficient (Wildman–Crippen LogP) is 8.65. The van der Waals surface area contributed by atoms with Crippen LogP contribution in [0.15, 0.2) is 97.1 Å². The van der Waals surface area contributed by atoms with Crippen molar-refractivity contribution in [3.05, 3.63) is 108 Å². The van der Waals surface area contributed by atoms with Crippen LogP contribution in [-0.2, 0) is 0 Å². The first-order valence-corrected chi connectivity index (χ1v) is 11.2. The number of hydrogen-bond donors (Lipinski definition) is 0. The maximum atomic E-state index is 2.49. The summed E-state index contributed by atoms with van der Waals surface area (Å²) >= 11 is 0. The highest BCUT2D eigenvalue weighted by molar-refractivity contribution is 5.97. The second-order valence-electron chi connectivity index (χ2n) is 8.49. The van der Waals surface area contributed by atoms with E-state index in [1.807, 2.05) is 0 Å². The molecule has 0 aliphatic heterocycles. The molecule has 4 aromatic rings. The van der Waals surface area contributed by atoms with Gasteiger partial charge in [-0.25, -0.2) is 0 Å². The van der Waals surface area contributed by atoms with Crippen molar-refractivity contribution in [3.63, 3.8) is 0 Å². The normalized spacial score (nSPS) is 14.2. The van der Waals surface area contributed by atoms with E-state index in [9.17, 15) is 0 Å². The van der Waals surface area contributed by atoms with Crippen LogP contribution in [0.1, 0.15) is 42.7 Å². The van der Waals surface area contributed by atoms with E-state index in [-0.39, 0.29) is 0 Å². The van der Waals surface area contributed by atoms with Crippen molar-refractivity contribution in [2.24, 2.45) is 0 Å². The topological polar surface area (TPSA) is 0 Å². The van der Waals surface area contributed by atoms with Gasteiger partial charge in [0.15, 0.2) is 0 Å². The minimum Gasteiger partial charge on any atom is -0.0622 e. The van der Waals surface area contributed by atoms with Crippen molar-refractivity contribution in [2.75, 3.05) is 0 Å². The van der Waals surface area contributed by atoms with Crippen LogP contribution in [0.4, 0.5) is 0 Å². The quantitative estimate of drug-likeness (QED) is 0.328. The summed E-state index contributed by atoms with van der Waals surface area (Å²) < 4.78 is 0. The number of benzene rings is 4. The highest BCUT2D eigenvalue weighted by Gasteiger charge is 2.26. The van der Waals surface area contributed by atoms with Gasteiger partial charge in [0.1, 0.15) is 0 Å². The van der Waals surface area contributed by atoms with Crippen LogP contribution in [0.2, 0.25) is 0 Å². The van der Waals surface area contributed by atoms with E-state index in [1.54, 1.807) is 0 Å². The van der Waals surface area contributed by atoms with Crippen LogP contribution in [0, 0.1) is 6.92 Å². The average Bonchev–Trinajstić information content (AvgIpc) is 3.35. The van der Waals surface area contributed by atoms with Crippen LogP contribution in [0.5, 0.6) is 0 Å². The van der Waals surface area contributed by atoms with Crippen LogP contribution < -0.4 is 0 Å². The Labute approximate surface area is 180 Å². The van der Waals surface area contributed by atoms with Crippen LogP contribution in [-0.4, -0.2) is 0 Å². The molecule has 1 fully saturated rings. The highest BCUT2D eigenvalue weighted by atomic mass is 14.3. The molecule has 0 aromatic heterocycles. The Morgan fingerprint density at radius 1 is 0.533 bits per heavy atom. The van der Waals surface area contributed by atoms with Gasteiger partial charge in [0.2, 0.25) is 0 Å². The molecule has 148 valence electrons. The zero-order valence-corrected chi connectivity index (χ0v) is 17.6. The lowest BCUT2D eigenvalue weighted by atomic mass is 9.78. The second kappa shape index (κ2) is 8.32. The maximum absolute atomic E-state index is 2.49. The molecule has 30 heavy (non-hydrogen) atoms. The number of hydrogen-bond acceptors (Lipinski definition) is 0. The van der Waals surface area contributed by atoms with Gasteiger partial charge < -0.3 is 0 Å². The van der Waals surface area contributed by atoms with Crippen LogP contribution >= 0.6 is 0 Å². The fourth-order valence-corrected chi connectivity index (χ4v) is 5.19. The fourth-order valence-electron chi connectivity index (χ4n) is 5.19. The van der Waals surface area contributed by atoms with E-state index in [4.69, 9.17) is 0 Å². The van der Waals surface area contributed by atoms with Gasteiger partial charge in [0.25, 0.3) is 0 Å². The lowest BCUT2D eigenvalue weighted by Gasteiger charge is -2.25. The molecule has 0 N–H and O–H groups in total. The molecular weight excluding hydrogens is 360 g/mol. The largest absolute Gasteiger partial charge is 0.0622 e. The Hall–Kier alpha value is -3.12. The van der Waals surface area contributed by atoms with Crippen molar-refractivity contribution in [2.45, 2.75) is 38.5 Å². The SMILES string of the molecule is Cc1cc(C2CCCC2)c(-c2ccccc2)c(-c2ccccc2)c1-c1ccccc1. The van der Waals surface area contributed by atoms with Gasteiger partial charge in [-0.3, -0.25) is 0 Å². The first-order valence-electron chi connectivity index (χ1n) is 11.2. The smallest absolute Gasteiger partial charge is 0.00213 e. The Morgan fingerprint density at radius 3 is 1.47 bits per heavy atom. The predicted molar refractivity (Wildman–Crippen MR) is 129 cm³/mol. The molecular formula is C30H28. The van der Waals surface area contributed by atoms with Gasteiger partial charge in [0, 0.05) is 0 Å². The summed E-state index contributed by atoms with van der Waals surface area (Å²) in [5.74, 6) is 0.659. The molecule has 4 aromatic carbocycles. The second-order valence-corrected chi connectivity index (χ2v) is 8.49. The molecule has 0 radical (unpaired) electrons. The van der Waals surface area contributed by atoms with Gasteiger partial charge in [-0.2, -0.15) is 0 Å². The molecule has 0 atom stereocenters. The lowest BCUT2D eigenvalue weighted by Crippen LogP contribution is -2.02. The van der Waals surface area contributed by atoms with Crippen molar-refractivity contribution in [1.29, 1.82) is 0 Å². The molecule has 0 heterocycles. The van der Waals surface area contributed by atoms with Gasteiger partial charge >= 0.3 is 0 Å². The molecule has 0 amide bonds. The van der Waals surface area contributed by atoms with Crippen molar-refractivity contribution in [1.82, 2.24) is 0 Å². The third kappa shape index (κ3) is 3.48. The molecule has 0 unspecified atom stereocenters. The third-order valence-electron chi connectivity index (χ3n) is 6.54. The minimum absolute atomic E-state index is 0.659. The zero-order valence-electron chi connectivity index (χ0n) is 17.6. The first-order chi connectivity index (χ1) is 14.8. The Balaban J connectivity index is 1.90. The summed E-state index contributed by atoms with van der Waals surface area (Å²) in [7, 11) is 0. The Bertz CT molecular complexity index is 1120. The molecule has 0 heteroatoms. The monoisotopic (exact) mass is 388 g/mol. The van der Waals surface area contributed by atoms with Crippen molar-refractivity contribution >= 4 is 0 Å². The summed E-state index contributed by atoms with van der Waals surface area (Å²) in [5.41, 5.74) is 11.0. The van der Waals surface area contributed by atoms with E-state index in [1.165, 1.54) is 70.2 Å². The van der Waals surface area contributed by atoms with E-state index in [2.05, 4.69) is 104 Å². The molecule has 1 aliphatic carbocycles. The Kier molecular flexibility index (Phi) is 5.24. The van der Waals surface area contributed by atoms with Gasteiger partial charge in [0.05, 0.1) is 0 Å². The molecule has 0 spiro atoms. The molecule has 0 nitrogen and oxygen atoms in total. The van der Waals surface area contributed by atoms with E-state index < -0.39 is 0 Å². The maximum Gasteiger partial charge on any atom is -0.00213 e. The molecule has 1 saturated carbocycles. The van der Waals surface area contributed by atoms with Crippen LogP contribution in [0.3, 0.4) is 0 Å². The summed E-state index contributed by atoms with van der Waals surface area (Å²) in [5, 5.41) is 0. The molecule has 5 rings (SSSR count). The lowest BCUT2D eigenvalue weighted by molar-refractivity contribution is 0.724. The molecule has 1 aliphatic rings. The third-order valence-corrected chi connectivity index (χ3v) is 6.54. The first kappa shape index (κ1) is 18.9. The summed E-state index contributed by atoms with van der Waals surface area (Å²) in [6.07, 6.45) is 5.30. The summed E-state index contributed by atoms with van der Waals surface area (Å²) in [4.78, 5) is 0. The number of rotatable bonds is 4. The average molecular weight is 389 g/mol. The van der Waals surface area contributed by atoms with Crippen LogP contribution in [0.25, 0.3) is 33.4 Å². The van der Waals surface area contributed by atoms with E-state index >= 15 is 0 Å². The van der Waals surface area contributed by atoms with Gasteiger partial charge in [-0.15, -0.1) is 0 Å². The molecule has 0 saturated heterocycles. The summed E-state index contributed by atoms with van der Waals surface area (Å²) in [6, 6.07) is 35.4. The zero-order chi connectivity index (χ0) is 20.3. The summed E-state index contributed by atoms with van der Waals surface area (Å²) in [6.45, 7) is 2.29.